The molecule has 0 atom stereocenters. The molecule has 66 valence electrons. The molecule has 1 aromatic rings. The summed E-state index contributed by atoms with van der Waals surface area (Å²) in [6, 6.07) is 5.19. The highest BCUT2D eigenvalue weighted by Crippen LogP contribution is 2.29. The quantitative estimate of drug-likeness (QED) is 0.670. The van der Waals surface area contributed by atoms with Gasteiger partial charge in [0.25, 0.3) is 0 Å². The van der Waals surface area contributed by atoms with Gasteiger partial charge >= 0.3 is 6.18 Å². The summed E-state index contributed by atoms with van der Waals surface area (Å²) in [6.45, 7) is 0.379. The van der Waals surface area contributed by atoms with E-state index >= 15 is 0 Å². The van der Waals surface area contributed by atoms with Crippen LogP contribution in [0, 0.1) is 0 Å². The van der Waals surface area contributed by atoms with Crippen LogP contribution in [-0.4, -0.2) is 0 Å². The standard InChI is InChI=1S/C8H8F3N/c9-8(10,11)7-3-1-2-6(4-7)5-12/h1-4H,5,12H2/p+1. The number of rotatable bonds is 1. The lowest BCUT2D eigenvalue weighted by Crippen LogP contribution is -2.47. The van der Waals surface area contributed by atoms with Gasteiger partial charge in [-0.25, -0.2) is 0 Å². The first-order valence-electron chi connectivity index (χ1n) is 3.49. The Balaban J connectivity index is 3.02. The van der Waals surface area contributed by atoms with Gasteiger partial charge in [0.2, 0.25) is 0 Å². The molecule has 0 aliphatic carbocycles. The zero-order valence-electron chi connectivity index (χ0n) is 6.36. The number of hydrogen-bond acceptors (Lipinski definition) is 0. The Morgan fingerprint density at radius 2 is 1.92 bits per heavy atom. The van der Waals surface area contributed by atoms with Gasteiger partial charge in [0.15, 0.2) is 0 Å². The first kappa shape index (κ1) is 9.06. The molecular formula is C8H9F3N+. The predicted molar refractivity (Wildman–Crippen MR) is 38.0 cm³/mol. The van der Waals surface area contributed by atoms with E-state index in [-0.39, 0.29) is 0 Å². The lowest BCUT2D eigenvalue weighted by atomic mass is 10.1. The molecule has 0 aromatic heterocycles. The molecule has 12 heavy (non-hydrogen) atoms. The molecule has 1 nitrogen and oxygen atoms in total. The Morgan fingerprint density at radius 1 is 1.25 bits per heavy atom. The van der Waals surface area contributed by atoms with Crippen LogP contribution in [-0.2, 0) is 12.7 Å². The maximum Gasteiger partial charge on any atom is 0.416 e. The molecule has 0 unspecified atom stereocenters. The van der Waals surface area contributed by atoms with Gasteiger partial charge in [0.05, 0.1) is 12.1 Å². The fourth-order valence-corrected chi connectivity index (χ4v) is 0.903. The number of alkyl halides is 3. The van der Waals surface area contributed by atoms with Crippen LogP contribution in [0.4, 0.5) is 13.2 Å². The molecular weight excluding hydrogens is 167 g/mol. The summed E-state index contributed by atoms with van der Waals surface area (Å²) in [5.74, 6) is 0. The van der Waals surface area contributed by atoms with E-state index in [2.05, 4.69) is 5.73 Å². The number of hydrogen-bond donors (Lipinski definition) is 1. The Morgan fingerprint density at radius 3 is 2.42 bits per heavy atom. The predicted octanol–water partition coefficient (Wildman–Crippen LogP) is 1.45. The van der Waals surface area contributed by atoms with Crippen molar-refractivity contribution in [2.75, 3.05) is 0 Å². The van der Waals surface area contributed by atoms with E-state index in [0.29, 0.717) is 12.1 Å². The van der Waals surface area contributed by atoms with Gasteiger partial charge in [0.1, 0.15) is 0 Å². The Kier molecular flexibility index (Phi) is 2.38. The molecule has 0 amide bonds. The highest BCUT2D eigenvalue weighted by Gasteiger charge is 2.30. The van der Waals surface area contributed by atoms with E-state index in [0.717, 1.165) is 12.1 Å². The number of benzene rings is 1. The normalized spacial score (nSPS) is 11.7. The van der Waals surface area contributed by atoms with Gasteiger partial charge in [-0.05, 0) is 12.1 Å². The van der Waals surface area contributed by atoms with Crippen molar-refractivity contribution in [1.82, 2.24) is 0 Å². The van der Waals surface area contributed by atoms with Crippen molar-refractivity contribution in [3.8, 4) is 0 Å². The Hall–Kier alpha value is -1.03. The van der Waals surface area contributed by atoms with E-state index in [9.17, 15) is 13.2 Å². The van der Waals surface area contributed by atoms with Crippen molar-refractivity contribution in [2.45, 2.75) is 12.7 Å². The summed E-state index contributed by atoms with van der Waals surface area (Å²) in [4.78, 5) is 0. The molecule has 3 N–H and O–H groups in total. The lowest BCUT2D eigenvalue weighted by Gasteiger charge is -2.06. The van der Waals surface area contributed by atoms with E-state index < -0.39 is 11.7 Å². The van der Waals surface area contributed by atoms with Gasteiger partial charge in [-0.2, -0.15) is 13.2 Å². The number of quaternary nitrogens is 1. The molecule has 0 heterocycles. The van der Waals surface area contributed by atoms with Crippen LogP contribution in [0.3, 0.4) is 0 Å². The number of halogens is 3. The van der Waals surface area contributed by atoms with Crippen molar-refractivity contribution < 1.29 is 18.9 Å². The van der Waals surface area contributed by atoms with Gasteiger partial charge in [-0.15, -0.1) is 0 Å². The van der Waals surface area contributed by atoms with Gasteiger partial charge in [0, 0.05) is 5.56 Å². The zero-order valence-corrected chi connectivity index (χ0v) is 6.36. The van der Waals surface area contributed by atoms with Crippen molar-refractivity contribution in [3.05, 3.63) is 35.4 Å². The average Bonchev–Trinajstić information content (AvgIpc) is 2.03. The van der Waals surface area contributed by atoms with Crippen molar-refractivity contribution in [3.63, 3.8) is 0 Å². The van der Waals surface area contributed by atoms with Crippen LogP contribution >= 0.6 is 0 Å². The fraction of sp³-hybridized carbons (Fsp3) is 0.250. The molecule has 0 radical (unpaired) electrons. The maximum absolute atomic E-state index is 12.1. The third kappa shape index (κ3) is 1.98. The smallest absolute Gasteiger partial charge is 0.354 e. The zero-order chi connectivity index (χ0) is 9.19. The van der Waals surface area contributed by atoms with Crippen molar-refractivity contribution in [1.29, 1.82) is 0 Å². The second-order valence-corrected chi connectivity index (χ2v) is 2.45. The van der Waals surface area contributed by atoms with Crippen LogP contribution < -0.4 is 5.73 Å². The molecule has 0 aliphatic rings. The van der Waals surface area contributed by atoms with Crippen molar-refractivity contribution >= 4 is 0 Å². The van der Waals surface area contributed by atoms with Crippen molar-refractivity contribution in [2.24, 2.45) is 0 Å². The van der Waals surface area contributed by atoms with Crippen LogP contribution in [0.25, 0.3) is 0 Å². The van der Waals surface area contributed by atoms with E-state index in [1.165, 1.54) is 6.07 Å². The molecule has 0 saturated carbocycles. The maximum atomic E-state index is 12.1. The third-order valence-corrected chi connectivity index (χ3v) is 1.54. The summed E-state index contributed by atoms with van der Waals surface area (Å²) in [6.07, 6.45) is -4.24. The summed E-state index contributed by atoms with van der Waals surface area (Å²) in [7, 11) is 0. The van der Waals surface area contributed by atoms with Gasteiger partial charge in [-0.3, -0.25) is 0 Å². The van der Waals surface area contributed by atoms with Gasteiger partial charge in [-0.1, -0.05) is 12.1 Å². The molecule has 0 fully saturated rings. The molecule has 4 heteroatoms. The Bertz CT molecular complexity index is 267. The summed E-state index contributed by atoms with van der Waals surface area (Å²) < 4.78 is 36.3. The average molecular weight is 176 g/mol. The topological polar surface area (TPSA) is 27.6 Å². The third-order valence-electron chi connectivity index (χ3n) is 1.54. The second-order valence-electron chi connectivity index (χ2n) is 2.45. The Labute approximate surface area is 68.0 Å². The van der Waals surface area contributed by atoms with Gasteiger partial charge < -0.3 is 5.73 Å². The first-order valence-corrected chi connectivity index (χ1v) is 3.49. The van der Waals surface area contributed by atoms with Crippen LogP contribution in [0.2, 0.25) is 0 Å². The largest absolute Gasteiger partial charge is 0.416 e. The first-order chi connectivity index (χ1) is 5.54. The summed E-state index contributed by atoms with van der Waals surface area (Å²) in [5, 5.41) is 0. The summed E-state index contributed by atoms with van der Waals surface area (Å²) >= 11 is 0. The lowest BCUT2D eigenvalue weighted by molar-refractivity contribution is -0.386. The highest BCUT2D eigenvalue weighted by atomic mass is 19.4. The molecule has 0 aliphatic heterocycles. The molecule has 1 rings (SSSR count). The molecule has 0 spiro atoms. The van der Waals surface area contributed by atoms with Crippen LogP contribution in [0.1, 0.15) is 11.1 Å². The highest BCUT2D eigenvalue weighted by molar-refractivity contribution is 5.24. The molecule has 1 aromatic carbocycles. The van der Waals surface area contributed by atoms with E-state index in [4.69, 9.17) is 0 Å². The van der Waals surface area contributed by atoms with E-state index in [1.807, 2.05) is 0 Å². The second kappa shape index (κ2) is 3.15. The SMILES string of the molecule is [NH3+]Cc1cccc(C(F)(F)F)c1. The minimum absolute atomic E-state index is 0.379. The van der Waals surface area contributed by atoms with Crippen LogP contribution in [0.5, 0.6) is 0 Å². The minimum Gasteiger partial charge on any atom is -0.354 e. The monoisotopic (exact) mass is 176 g/mol. The minimum atomic E-state index is -4.24. The van der Waals surface area contributed by atoms with E-state index in [1.54, 1.807) is 6.07 Å². The molecule has 0 saturated heterocycles. The summed E-state index contributed by atoms with van der Waals surface area (Å²) in [5.41, 5.74) is 3.51. The molecule has 0 bridgehead atoms. The van der Waals surface area contributed by atoms with Crippen LogP contribution in [0.15, 0.2) is 24.3 Å². The fourth-order valence-electron chi connectivity index (χ4n) is 0.903.